The zero-order chi connectivity index (χ0) is 21.6. The molecule has 0 spiro atoms. The van der Waals surface area contributed by atoms with Crippen LogP contribution in [0.1, 0.15) is 58.9 Å². The highest BCUT2D eigenvalue weighted by Gasteiger charge is 2.33. The van der Waals surface area contributed by atoms with Gasteiger partial charge in [0.15, 0.2) is 17.2 Å². The average molecular weight is 412 g/mol. The molecule has 3 aromatic rings. The van der Waals surface area contributed by atoms with E-state index >= 15 is 0 Å². The highest BCUT2D eigenvalue weighted by molar-refractivity contribution is 5.96. The van der Waals surface area contributed by atoms with E-state index in [4.69, 9.17) is 4.74 Å². The fraction of sp³-hybridized carbons (Fsp3) is 0.333. The third-order valence-electron chi connectivity index (χ3n) is 4.76. The van der Waals surface area contributed by atoms with E-state index < -0.39 is 35.4 Å². The molecule has 4 rings (SSSR count). The largest absolute Gasteiger partial charge is 0.455 e. The topological polar surface area (TPSA) is 106 Å². The second-order valence-electron chi connectivity index (χ2n) is 8.18. The van der Waals surface area contributed by atoms with Crippen LogP contribution in [0.25, 0.3) is 5.65 Å². The Labute approximate surface area is 171 Å². The predicted molar refractivity (Wildman–Crippen MR) is 104 cm³/mol. The number of esters is 1. The quantitative estimate of drug-likeness (QED) is 0.639. The highest BCUT2D eigenvalue weighted by Crippen LogP contribution is 2.31. The summed E-state index contributed by atoms with van der Waals surface area (Å²) in [4.78, 5) is 29.5. The molecule has 2 N–H and O–H groups in total. The smallest absolute Gasteiger partial charge is 0.357 e. The van der Waals surface area contributed by atoms with E-state index in [-0.39, 0.29) is 17.0 Å². The number of amides is 1. The summed E-state index contributed by atoms with van der Waals surface area (Å²) in [6.07, 6.45) is 0.523. The summed E-state index contributed by atoms with van der Waals surface area (Å²) >= 11 is 0. The minimum Gasteiger partial charge on any atom is -0.455 e. The number of ether oxygens (including phenoxy) is 1. The SMILES string of the molecule is CC(C)(C)OC(=O)c1cc(C(=O)N[C@H]2c3ccccc3C[C@H]2O)nc2c(F)cnn12. The van der Waals surface area contributed by atoms with E-state index in [1.807, 2.05) is 24.3 Å². The monoisotopic (exact) mass is 412 g/mol. The lowest BCUT2D eigenvalue weighted by atomic mass is 10.1. The molecule has 2 aromatic heterocycles. The molecule has 0 saturated heterocycles. The van der Waals surface area contributed by atoms with Crippen molar-refractivity contribution in [3.8, 4) is 0 Å². The summed E-state index contributed by atoms with van der Waals surface area (Å²) < 4.78 is 20.5. The fourth-order valence-electron chi connectivity index (χ4n) is 3.49. The first kappa shape index (κ1) is 20.0. The van der Waals surface area contributed by atoms with E-state index in [1.165, 1.54) is 6.07 Å². The molecule has 8 nitrogen and oxygen atoms in total. The van der Waals surface area contributed by atoms with Gasteiger partial charge in [-0.25, -0.2) is 18.7 Å². The molecule has 0 unspecified atom stereocenters. The molecular weight excluding hydrogens is 391 g/mol. The van der Waals surface area contributed by atoms with Crippen molar-refractivity contribution in [2.24, 2.45) is 0 Å². The normalized spacial score (nSPS) is 18.3. The maximum atomic E-state index is 14.2. The number of hydrogen-bond acceptors (Lipinski definition) is 6. The molecule has 2 heterocycles. The molecule has 0 bridgehead atoms. The molecule has 1 aliphatic carbocycles. The standard InChI is InChI=1S/C21H21FN4O4/c1-21(2,3)30-20(29)15-9-14(24-18-13(22)10-23-26(15)18)19(28)25-17-12-7-5-4-6-11(12)8-16(17)27/h4-7,9-10,16-17,27H,8H2,1-3H3,(H,25,28)/t16-,17+/m1/s1. The summed E-state index contributed by atoms with van der Waals surface area (Å²) in [5.74, 6) is -2.19. The summed E-state index contributed by atoms with van der Waals surface area (Å²) in [5.41, 5.74) is 0.377. The van der Waals surface area contributed by atoms with E-state index in [0.29, 0.717) is 6.42 Å². The molecule has 156 valence electrons. The molecule has 0 radical (unpaired) electrons. The van der Waals surface area contributed by atoms with Crippen molar-refractivity contribution in [2.75, 3.05) is 0 Å². The number of aliphatic hydroxyl groups excluding tert-OH is 1. The Hall–Kier alpha value is -3.33. The highest BCUT2D eigenvalue weighted by atomic mass is 19.1. The number of nitrogens with zero attached hydrogens (tertiary/aromatic N) is 3. The molecule has 1 aromatic carbocycles. The molecular formula is C21H21FN4O4. The Kier molecular flexibility index (Phi) is 4.77. The van der Waals surface area contributed by atoms with E-state index in [1.54, 1.807) is 20.8 Å². The first-order chi connectivity index (χ1) is 14.1. The molecule has 0 fully saturated rings. The lowest BCUT2D eigenvalue weighted by Crippen LogP contribution is -2.34. The number of carbonyl (C=O) groups excluding carboxylic acids is 2. The van der Waals surface area contributed by atoms with Crippen molar-refractivity contribution in [1.29, 1.82) is 0 Å². The van der Waals surface area contributed by atoms with Gasteiger partial charge in [0, 0.05) is 12.5 Å². The minimum absolute atomic E-state index is 0.128. The van der Waals surface area contributed by atoms with Crippen LogP contribution in [0.15, 0.2) is 36.5 Å². The zero-order valence-corrected chi connectivity index (χ0v) is 16.7. The maximum absolute atomic E-state index is 14.2. The van der Waals surface area contributed by atoms with Gasteiger partial charge < -0.3 is 15.2 Å². The number of fused-ring (bicyclic) bond motifs is 2. The Balaban J connectivity index is 1.70. The Bertz CT molecular complexity index is 1150. The molecule has 1 aliphatic rings. The van der Waals surface area contributed by atoms with Gasteiger partial charge in [0.1, 0.15) is 11.3 Å². The number of carbonyl (C=O) groups is 2. The van der Waals surface area contributed by atoms with Crippen LogP contribution in [0, 0.1) is 5.82 Å². The van der Waals surface area contributed by atoms with E-state index in [2.05, 4.69) is 15.4 Å². The molecule has 9 heteroatoms. The van der Waals surface area contributed by atoms with Crippen LogP contribution in [0.3, 0.4) is 0 Å². The van der Waals surface area contributed by atoms with Gasteiger partial charge in [-0.05, 0) is 31.9 Å². The molecule has 1 amide bonds. The van der Waals surface area contributed by atoms with Crippen molar-refractivity contribution >= 4 is 17.5 Å². The van der Waals surface area contributed by atoms with Crippen molar-refractivity contribution in [2.45, 2.75) is 44.9 Å². The molecule has 30 heavy (non-hydrogen) atoms. The van der Waals surface area contributed by atoms with Gasteiger partial charge in [-0.1, -0.05) is 24.3 Å². The van der Waals surface area contributed by atoms with Gasteiger partial charge in [-0.3, -0.25) is 4.79 Å². The second kappa shape index (κ2) is 7.17. The van der Waals surface area contributed by atoms with Crippen LogP contribution in [-0.2, 0) is 11.2 Å². The van der Waals surface area contributed by atoms with Crippen molar-refractivity contribution in [3.63, 3.8) is 0 Å². The fourth-order valence-corrected chi connectivity index (χ4v) is 3.49. The number of nitrogens with one attached hydrogen (secondary N) is 1. The van der Waals surface area contributed by atoms with Gasteiger partial charge in [-0.2, -0.15) is 5.10 Å². The summed E-state index contributed by atoms with van der Waals surface area (Å²) in [6.45, 7) is 5.08. The third kappa shape index (κ3) is 3.63. The van der Waals surface area contributed by atoms with Crippen LogP contribution in [-0.4, -0.2) is 43.3 Å². The number of hydrogen-bond donors (Lipinski definition) is 2. The van der Waals surface area contributed by atoms with Crippen LogP contribution in [0.4, 0.5) is 4.39 Å². The van der Waals surface area contributed by atoms with Gasteiger partial charge in [0.2, 0.25) is 0 Å². The predicted octanol–water partition coefficient (Wildman–Crippen LogP) is 2.21. The van der Waals surface area contributed by atoms with E-state index in [0.717, 1.165) is 21.8 Å². The van der Waals surface area contributed by atoms with Crippen LogP contribution in [0.2, 0.25) is 0 Å². The summed E-state index contributed by atoms with van der Waals surface area (Å²) in [5, 5.41) is 16.9. The van der Waals surface area contributed by atoms with Crippen molar-refractivity contribution in [1.82, 2.24) is 19.9 Å². The summed E-state index contributed by atoms with van der Waals surface area (Å²) in [7, 11) is 0. The average Bonchev–Trinajstić information content (AvgIpc) is 3.20. The molecule has 0 aliphatic heterocycles. The molecule has 2 atom stereocenters. The number of benzene rings is 1. The van der Waals surface area contributed by atoms with Crippen molar-refractivity contribution < 1.29 is 23.8 Å². The first-order valence-electron chi connectivity index (χ1n) is 9.48. The van der Waals surface area contributed by atoms with Gasteiger partial charge >= 0.3 is 5.97 Å². The Morgan fingerprint density at radius 1 is 1.30 bits per heavy atom. The van der Waals surface area contributed by atoms with E-state index in [9.17, 15) is 19.1 Å². The number of aromatic nitrogens is 3. The minimum atomic E-state index is -0.799. The Morgan fingerprint density at radius 2 is 2.03 bits per heavy atom. The van der Waals surface area contributed by atoms with Gasteiger partial charge in [0.05, 0.1) is 18.3 Å². The van der Waals surface area contributed by atoms with Crippen LogP contribution >= 0.6 is 0 Å². The van der Waals surface area contributed by atoms with Crippen LogP contribution in [0.5, 0.6) is 0 Å². The number of aliphatic hydroxyl groups is 1. The first-order valence-corrected chi connectivity index (χ1v) is 9.48. The summed E-state index contributed by atoms with van der Waals surface area (Å²) in [6, 6.07) is 7.97. The van der Waals surface area contributed by atoms with Gasteiger partial charge in [0.25, 0.3) is 5.91 Å². The lowest BCUT2D eigenvalue weighted by molar-refractivity contribution is 0.00595. The van der Waals surface area contributed by atoms with Crippen molar-refractivity contribution in [3.05, 3.63) is 64.9 Å². The third-order valence-corrected chi connectivity index (χ3v) is 4.76. The van der Waals surface area contributed by atoms with Gasteiger partial charge in [-0.15, -0.1) is 0 Å². The molecule has 0 saturated carbocycles. The lowest BCUT2D eigenvalue weighted by Gasteiger charge is -2.20. The second-order valence-corrected chi connectivity index (χ2v) is 8.18. The van der Waals surface area contributed by atoms with Crippen LogP contribution < -0.4 is 5.32 Å². The maximum Gasteiger partial charge on any atom is 0.357 e. The number of rotatable bonds is 3. The Morgan fingerprint density at radius 3 is 2.77 bits per heavy atom. The zero-order valence-electron chi connectivity index (χ0n) is 16.7. The number of halogens is 1.